The number of halogens is 3. The van der Waals surface area contributed by atoms with E-state index in [4.69, 9.17) is 10.5 Å². The number of aromatic nitrogens is 3. The smallest absolute Gasteiger partial charge is 0.433 e. The quantitative estimate of drug-likeness (QED) is 0.375. The fraction of sp³-hybridized carbons (Fsp3) is 0.433. The molecule has 2 aromatic heterocycles. The lowest BCUT2D eigenvalue weighted by molar-refractivity contribution is -0.141. The van der Waals surface area contributed by atoms with Gasteiger partial charge in [-0.25, -0.2) is 14.8 Å². The zero-order valence-electron chi connectivity index (χ0n) is 24.1. The van der Waals surface area contributed by atoms with Crippen LogP contribution < -0.4 is 5.73 Å². The first-order valence-electron chi connectivity index (χ1n) is 13.8. The molecule has 1 atom stereocenters. The molecule has 0 spiro atoms. The zero-order valence-corrected chi connectivity index (χ0v) is 24.1. The van der Waals surface area contributed by atoms with E-state index in [1.165, 1.54) is 12.3 Å². The van der Waals surface area contributed by atoms with E-state index >= 15 is 0 Å². The highest BCUT2D eigenvalue weighted by molar-refractivity contribution is 5.95. The van der Waals surface area contributed by atoms with Crippen LogP contribution >= 0.6 is 0 Å². The highest BCUT2D eigenvalue weighted by Crippen LogP contribution is 2.31. The molecule has 12 heteroatoms. The highest BCUT2D eigenvalue weighted by atomic mass is 19.4. The summed E-state index contributed by atoms with van der Waals surface area (Å²) in [5, 5.41) is 0. The van der Waals surface area contributed by atoms with Crippen molar-refractivity contribution in [3.05, 3.63) is 60.0 Å². The predicted molar refractivity (Wildman–Crippen MR) is 152 cm³/mol. The molecule has 3 heterocycles. The number of rotatable bonds is 6. The Balaban J connectivity index is 1.49. The molecule has 3 aromatic rings. The van der Waals surface area contributed by atoms with Gasteiger partial charge in [0.05, 0.1) is 17.9 Å². The van der Waals surface area contributed by atoms with Crippen LogP contribution in [0.3, 0.4) is 0 Å². The van der Waals surface area contributed by atoms with Crippen molar-refractivity contribution in [2.24, 2.45) is 0 Å². The summed E-state index contributed by atoms with van der Waals surface area (Å²) < 4.78 is 44.3. The first-order valence-corrected chi connectivity index (χ1v) is 13.8. The van der Waals surface area contributed by atoms with Crippen molar-refractivity contribution in [3.8, 4) is 22.5 Å². The van der Waals surface area contributed by atoms with Crippen LogP contribution in [0.4, 0.5) is 23.8 Å². The van der Waals surface area contributed by atoms with Crippen LogP contribution in [0.15, 0.2) is 48.8 Å². The number of nitrogen functional groups attached to an aromatic ring is 1. The van der Waals surface area contributed by atoms with E-state index in [-0.39, 0.29) is 29.6 Å². The van der Waals surface area contributed by atoms with E-state index in [1.54, 1.807) is 34.1 Å². The molecule has 2 amide bonds. The van der Waals surface area contributed by atoms with Gasteiger partial charge in [0.15, 0.2) is 0 Å². The largest absolute Gasteiger partial charge is 0.444 e. The third-order valence-corrected chi connectivity index (χ3v) is 6.84. The monoisotopic (exact) mass is 584 g/mol. The number of carbonyl (C=O) groups is 2. The molecular weight excluding hydrogens is 549 g/mol. The molecule has 0 radical (unpaired) electrons. The number of benzene rings is 1. The number of unbranched alkanes of at least 4 members (excludes halogenated alkanes) is 1. The minimum Gasteiger partial charge on any atom is -0.444 e. The molecule has 1 aromatic carbocycles. The van der Waals surface area contributed by atoms with Crippen molar-refractivity contribution in [3.63, 3.8) is 0 Å². The second-order valence-corrected chi connectivity index (χ2v) is 11.2. The number of ether oxygens (including phenoxy) is 1. The molecule has 224 valence electrons. The van der Waals surface area contributed by atoms with Crippen molar-refractivity contribution in [2.45, 2.75) is 64.8 Å². The Morgan fingerprint density at radius 2 is 1.69 bits per heavy atom. The molecule has 9 nitrogen and oxygen atoms in total. The minimum atomic E-state index is -4.56. The molecule has 1 saturated heterocycles. The second-order valence-electron chi connectivity index (χ2n) is 11.2. The molecule has 2 N–H and O–H groups in total. The van der Waals surface area contributed by atoms with E-state index in [2.05, 4.69) is 21.9 Å². The molecule has 0 aliphatic carbocycles. The maximum Gasteiger partial charge on any atom is 0.433 e. The van der Waals surface area contributed by atoms with Crippen LogP contribution in [-0.2, 0) is 10.9 Å². The molecule has 1 fully saturated rings. The Hall–Kier alpha value is -4.22. The molecular formula is C30H35F3N6O3. The van der Waals surface area contributed by atoms with Gasteiger partial charge in [-0.1, -0.05) is 31.9 Å². The third kappa shape index (κ3) is 7.34. The average molecular weight is 585 g/mol. The Bertz CT molecular complexity index is 1410. The Kier molecular flexibility index (Phi) is 9.03. The lowest BCUT2D eigenvalue weighted by Gasteiger charge is -2.42. The summed E-state index contributed by atoms with van der Waals surface area (Å²) in [6.45, 7) is 8.76. The number of pyridine rings is 1. The van der Waals surface area contributed by atoms with Crippen molar-refractivity contribution >= 4 is 17.8 Å². The van der Waals surface area contributed by atoms with Crippen LogP contribution in [-0.4, -0.2) is 68.0 Å². The standard InChI is InChI=1S/C30H35F3N6O3/c1-5-6-7-22-18-38(14-15-39(22)28(41)42-29(2,3)4)27(40)20-10-8-19(9-11-20)23-17-36-26(34)25(37-23)21-12-13-24(35-16-21)30(31,32)33/h8-13,16-17,22H,5-7,14-15,18H2,1-4H3,(H2,34,36). The van der Waals surface area contributed by atoms with Gasteiger partial charge >= 0.3 is 12.3 Å². The van der Waals surface area contributed by atoms with E-state index in [1.807, 2.05) is 20.8 Å². The van der Waals surface area contributed by atoms with Crippen molar-refractivity contribution in [1.82, 2.24) is 24.8 Å². The minimum absolute atomic E-state index is 0.0512. The van der Waals surface area contributed by atoms with Crippen LogP contribution in [0, 0.1) is 0 Å². The SMILES string of the molecule is CCCCC1CN(C(=O)c2ccc(-c3cnc(N)c(-c4ccc(C(F)(F)F)nc4)n3)cc2)CCN1C(=O)OC(C)(C)C. The number of alkyl halides is 3. The number of nitrogens with zero attached hydrogens (tertiary/aromatic N) is 5. The van der Waals surface area contributed by atoms with Gasteiger partial charge in [0.25, 0.3) is 5.91 Å². The van der Waals surface area contributed by atoms with E-state index in [9.17, 15) is 22.8 Å². The summed E-state index contributed by atoms with van der Waals surface area (Å²) in [5.74, 6) is -0.0953. The number of nitrogens with two attached hydrogens (primary N) is 1. The van der Waals surface area contributed by atoms with Gasteiger partial charge in [0.1, 0.15) is 22.8 Å². The average Bonchev–Trinajstić information content (AvgIpc) is 2.94. The normalized spacial score (nSPS) is 15.9. The first-order chi connectivity index (χ1) is 19.8. The molecule has 42 heavy (non-hydrogen) atoms. The number of carbonyl (C=O) groups excluding carboxylic acids is 2. The highest BCUT2D eigenvalue weighted by Gasteiger charge is 2.35. The lowest BCUT2D eigenvalue weighted by atomic mass is 10.0. The van der Waals surface area contributed by atoms with Gasteiger partial charge in [-0.05, 0) is 51.5 Å². The Morgan fingerprint density at radius 1 is 1.00 bits per heavy atom. The van der Waals surface area contributed by atoms with Gasteiger partial charge in [0, 0.05) is 42.5 Å². The van der Waals surface area contributed by atoms with E-state index in [0.717, 1.165) is 31.5 Å². The van der Waals surface area contributed by atoms with Crippen LogP contribution in [0.25, 0.3) is 22.5 Å². The molecule has 0 saturated carbocycles. The molecule has 0 bridgehead atoms. The predicted octanol–water partition coefficient (Wildman–Crippen LogP) is 6.06. The third-order valence-electron chi connectivity index (χ3n) is 6.84. The maximum absolute atomic E-state index is 13.4. The summed E-state index contributed by atoms with van der Waals surface area (Å²) in [6.07, 6.45) is 0.264. The summed E-state index contributed by atoms with van der Waals surface area (Å²) >= 11 is 0. The number of amides is 2. The van der Waals surface area contributed by atoms with Gasteiger partial charge in [-0.15, -0.1) is 0 Å². The molecule has 1 aliphatic heterocycles. The van der Waals surface area contributed by atoms with Crippen molar-refractivity contribution < 1.29 is 27.5 Å². The molecule has 4 rings (SSSR count). The van der Waals surface area contributed by atoms with Crippen molar-refractivity contribution in [1.29, 1.82) is 0 Å². The summed E-state index contributed by atoms with van der Waals surface area (Å²) in [6, 6.07) is 8.82. The number of hydrogen-bond donors (Lipinski definition) is 1. The van der Waals surface area contributed by atoms with E-state index < -0.39 is 17.5 Å². The van der Waals surface area contributed by atoms with Gasteiger partial charge < -0.3 is 20.3 Å². The number of hydrogen-bond acceptors (Lipinski definition) is 7. The Morgan fingerprint density at radius 3 is 2.29 bits per heavy atom. The van der Waals surface area contributed by atoms with Gasteiger partial charge in [-0.2, -0.15) is 13.2 Å². The first kappa shape index (κ1) is 30.7. The summed E-state index contributed by atoms with van der Waals surface area (Å²) in [5.41, 5.74) is 6.40. The van der Waals surface area contributed by atoms with E-state index in [0.29, 0.717) is 42.0 Å². The maximum atomic E-state index is 13.4. The summed E-state index contributed by atoms with van der Waals surface area (Å²) in [4.78, 5) is 41.9. The molecule has 1 unspecified atom stereocenters. The molecule has 1 aliphatic rings. The summed E-state index contributed by atoms with van der Waals surface area (Å²) in [7, 11) is 0. The second kappa shape index (κ2) is 12.3. The number of piperazine rings is 1. The fourth-order valence-corrected chi connectivity index (χ4v) is 4.71. The number of anilines is 1. The van der Waals surface area contributed by atoms with Crippen LogP contribution in [0.5, 0.6) is 0 Å². The Labute approximate surface area is 242 Å². The zero-order chi connectivity index (χ0) is 30.7. The van der Waals surface area contributed by atoms with Crippen LogP contribution in [0.1, 0.15) is 63.0 Å². The van der Waals surface area contributed by atoms with Crippen LogP contribution in [0.2, 0.25) is 0 Å². The topological polar surface area (TPSA) is 115 Å². The fourth-order valence-electron chi connectivity index (χ4n) is 4.71. The van der Waals surface area contributed by atoms with Gasteiger partial charge in [0.2, 0.25) is 0 Å². The van der Waals surface area contributed by atoms with Crippen molar-refractivity contribution in [2.75, 3.05) is 25.4 Å². The van der Waals surface area contributed by atoms with Gasteiger partial charge in [-0.3, -0.25) is 9.78 Å². The lowest BCUT2D eigenvalue weighted by Crippen LogP contribution is -2.57.